The molecule has 3 heterocycles. The molecule has 0 aliphatic carbocycles. The summed E-state index contributed by atoms with van der Waals surface area (Å²) in [6, 6.07) is 1.66. The molecule has 2 aliphatic rings. The summed E-state index contributed by atoms with van der Waals surface area (Å²) >= 11 is 0. The standard InChI is InChI=1S/C15H24N6O3S/c1-16-14(22)4-7-20(2)15-18-5-3-13(19-15)21-8-6-17-11-9-25(23,24)10-12(11)21/h3,5,11-12,17H,4,6-10H2,1-2H3,(H,16,22)/t11-,12+/m0/s1. The second-order valence-electron chi connectivity index (χ2n) is 6.46. The van der Waals surface area contributed by atoms with Gasteiger partial charge in [-0.1, -0.05) is 0 Å². The number of nitrogens with zero attached hydrogens (tertiary/aromatic N) is 4. The smallest absolute Gasteiger partial charge is 0.227 e. The van der Waals surface area contributed by atoms with Gasteiger partial charge in [-0.05, 0) is 6.07 Å². The minimum atomic E-state index is -3.02. The summed E-state index contributed by atoms with van der Waals surface area (Å²) in [4.78, 5) is 24.1. The number of carbonyl (C=O) groups excluding carboxylic acids is 1. The molecular formula is C15H24N6O3S. The predicted octanol–water partition coefficient (Wildman–Crippen LogP) is -1.38. The lowest BCUT2D eigenvalue weighted by atomic mass is 10.1. The van der Waals surface area contributed by atoms with Gasteiger partial charge in [0.15, 0.2) is 9.84 Å². The monoisotopic (exact) mass is 368 g/mol. The Bertz CT molecular complexity index is 741. The van der Waals surface area contributed by atoms with Crippen molar-refractivity contribution in [3.63, 3.8) is 0 Å². The van der Waals surface area contributed by atoms with E-state index in [9.17, 15) is 13.2 Å². The molecule has 0 spiro atoms. The van der Waals surface area contributed by atoms with Gasteiger partial charge in [0.1, 0.15) is 5.82 Å². The zero-order chi connectivity index (χ0) is 18.0. The fraction of sp³-hybridized carbons (Fsp3) is 0.667. The second-order valence-corrected chi connectivity index (χ2v) is 8.61. The van der Waals surface area contributed by atoms with Gasteiger partial charge in [0.2, 0.25) is 11.9 Å². The molecule has 1 aromatic rings. The average Bonchev–Trinajstić information content (AvgIpc) is 2.93. The Kier molecular flexibility index (Phi) is 5.09. The summed E-state index contributed by atoms with van der Waals surface area (Å²) in [6.07, 6.45) is 2.03. The molecule has 2 aliphatic heterocycles. The largest absolute Gasteiger partial charge is 0.359 e. The van der Waals surface area contributed by atoms with Gasteiger partial charge in [-0.2, -0.15) is 4.98 Å². The van der Waals surface area contributed by atoms with E-state index in [2.05, 4.69) is 25.5 Å². The van der Waals surface area contributed by atoms with Gasteiger partial charge in [-0.25, -0.2) is 13.4 Å². The number of aromatic nitrogens is 2. The summed E-state index contributed by atoms with van der Waals surface area (Å²) in [6.45, 7) is 1.93. The predicted molar refractivity (Wildman–Crippen MR) is 95.6 cm³/mol. The summed E-state index contributed by atoms with van der Waals surface area (Å²) < 4.78 is 24.0. The molecule has 2 atom stereocenters. The number of anilines is 2. The first kappa shape index (κ1) is 17.9. The number of piperazine rings is 1. The number of hydrogen-bond acceptors (Lipinski definition) is 8. The van der Waals surface area contributed by atoms with E-state index in [-0.39, 0.29) is 29.5 Å². The van der Waals surface area contributed by atoms with Crippen LogP contribution in [0.3, 0.4) is 0 Å². The van der Waals surface area contributed by atoms with Crippen molar-refractivity contribution in [1.82, 2.24) is 20.6 Å². The van der Waals surface area contributed by atoms with E-state index in [0.717, 1.165) is 12.4 Å². The van der Waals surface area contributed by atoms with Gasteiger partial charge in [-0.15, -0.1) is 0 Å². The van der Waals surface area contributed by atoms with Crippen molar-refractivity contribution < 1.29 is 13.2 Å². The molecule has 10 heteroatoms. The van der Waals surface area contributed by atoms with Crippen LogP contribution in [0.25, 0.3) is 0 Å². The Hall–Kier alpha value is -1.94. The summed E-state index contributed by atoms with van der Waals surface area (Å²) in [5, 5.41) is 5.88. The third kappa shape index (κ3) is 4.01. The van der Waals surface area contributed by atoms with Crippen molar-refractivity contribution in [2.75, 3.05) is 55.0 Å². The molecule has 0 aromatic carbocycles. The lowest BCUT2D eigenvalue weighted by Crippen LogP contribution is -2.57. The summed E-state index contributed by atoms with van der Waals surface area (Å²) in [5.74, 6) is 1.54. The number of sulfone groups is 1. The molecule has 2 fully saturated rings. The van der Waals surface area contributed by atoms with Gasteiger partial charge in [-0.3, -0.25) is 4.79 Å². The third-order valence-electron chi connectivity index (χ3n) is 4.70. The summed E-state index contributed by atoms with van der Waals surface area (Å²) in [7, 11) is 0.423. The third-order valence-corrected chi connectivity index (χ3v) is 6.42. The van der Waals surface area contributed by atoms with E-state index in [1.807, 2.05) is 18.0 Å². The van der Waals surface area contributed by atoms with Gasteiger partial charge >= 0.3 is 0 Å². The Balaban J connectivity index is 1.75. The minimum Gasteiger partial charge on any atom is -0.359 e. The van der Waals surface area contributed by atoms with Crippen LogP contribution in [0, 0.1) is 0 Å². The van der Waals surface area contributed by atoms with Gasteiger partial charge in [0.25, 0.3) is 0 Å². The fourth-order valence-electron chi connectivity index (χ4n) is 3.33. The van der Waals surface area contributed by atoms with Crippen LogP contribution in [0.4, 0.5) is 11.8 Å². The van der Waals surface area contributed by atoms with Crippen LogP contribution >= 0.6 is 0 Å². The Morgan fingerprint density at radius 1 is 1.48 bits per heavy atom. The zero-order valence-corrected chi connectivity index (χ0v) is 15.3. The molecule has 0 unspecified atom stereocenters. The van der Waals surface area contributed by atoms with Crippen LogP contribution in [-0.4, -0.2) is 81.6 Å². The number of rotatable bonds is 5. The highest BCUT2D eigenvalue weighted by Crippen LogP contribution is 2.26. The second kappa shape index (κ2) is 7.12. The van der Waals surface area contributed by atoms with E-state index in [0.29, 0.717) is 25.5 Å². The molecule has 2 saturated heterocycles. The number of nitrogens with one attached hydrogen (secondary N) is 2. The fourth-order valence-corrected chi connectivity index (χ4v) is 5.28. The average molecular weight is 368 g/mol. The minimum absolute atomic E-state index is 0.0379. The highest BCUT2D eigenvalue weighted by Gasteiger charge is 2.43. The molecular weight excluding hydrogens is 344 g/mol. The van der Waals surface area contributed by atoms with Crippen LogP contribution in [0.15, 0.2) is 12.3 Å². The highest BCUT2D eigenvalue weighted by molar-refractivity contribution is 7.91. The number of hydrogen-bond donors (Lipinski definition) is 2. The van der Waals surface area contributed by atoms with Gasteiger partial charge < -0.3 is 20.4 Å². The molecule has 2 N–H and O–H groups in total. The molecule has 9 nitrogen and oxygen atoms in total. The SMILES string of the molecule is CNC(=O)CCN(C)c1nccc(N2CCN[C@H]3CS(=O)(=O)C[C@H]32)n1. The van der Waals surface area contributed by atoms with Crippen LogP contribution in [0.2, 0.25) is 0 Å². The molecule has 0 bridgehead atoms. The van der Waals surface area contributed by atoms with E-state index < -0.39 is 9.84 Å². The van der Waals surface area contributed by atoms with Crippen molar-refractivity contribution in [2.24, 2.45) is 0 Å². The maximum Gasteiger partial charge on any atom is 0.227 e. The molecule has 0 radical (unpaired) electrons. The van der Waals surface area contributed by atoms with Gasteiger partial charge in [0, 0.05) is 52.4 Å². The Morgan fingerprint density at radius 3 is 3.04 bits per heavy atom. The molecule has 1 aromatic heterocycles. The van der Waals surface area contributed by atoms with Crippen LogP contribution < -0.4 is 20.4 Å². The normalized spacial score (nSPS) is 24.6. The first-order chi connectivity index (χ1) is 11.9. The molecule has 1 amide bonds. The zero-order valence-electron chi connectivity index (χ0n) is 14.5. The Labute approximate surface area is 147 Å². The van der Waals surface area contributed by atoms with E-state index in [4.69, 9.17) is 0 Å². The lowest BCUT2D eigenvalue weighted by molar-refractivity contribution is -0.120. The molecule has 25 heavy (non-hydrogen) atoms. The number of carbonyl (C=O) groups is 1. The molecule has 138 valence electrons. The topological polar surface area (TPSA) is 108 Å². The van der Waals surface area contributed by atoms with Crippen molar-refractivity contribution in [2.45, 2.75) is 18.5 Å². The van der Waals surface area contributed by atoms with Crippen molar-refractivity contribution in [3.05, 3.63) is 12.3 Å². The van der Waals surface area contributed by atoms with Crippen molar-refractivity contribution >= 4 is 27.5 Å². The molecule has 3 rings (SSSR count). The lowest BCUT2D eigenvalue weighted by Gasteiger charge is -2.38. The van der Waals surface area contributed by atoms with Crippen molar-refractivity contribution in [3.8, 4) is 0 Å². The highest BCUT2D eigenvalue weighted by atomic mass is 32.2. The van der Waals surface area contributed by atoms with Gasteiger partial charge in [0.05, 0.1) is 17.5 Å². The van der Waals surface area contributed by atoms with E-state index >= 15 is 0 Å². The van der Waals surface area contributed by atoms with Crippen LogP contribution in [0.1, 0.15) is 6.42 Å². The number of amides is 1. The van der Waals surface area contributed by atoms with E-state index in [1.54, 1.807) is 13.2 Å². The van der Waals surface area contributed by atoms with Crippen LogP contribution in [-0.2, 0) is 14.6 Å². The number of fused-ring (bicyclic) bond motifs is 1. The summed E-state index contributed by atoms with van der Waals surface area (Å²) in [5.41, 5.74) is 0. The molecule has 0 saturated carbocycles. The maximum atomic E-state index is 12.0. The first-order valence-electron chi connectivity index (χ1n) is 8.35. The van der Waals surface area contributed by atoms with Crippen LogP contribution in [0.5, 0.6) is 0 Å². The quantitative estimate of drug-likeness (QED) is 0.655. The van der Waals surface area contributed by atoms with E-state index in [1.165, 1.54) is 0 Å². The Morgan fingerprint density at radius 2 is 2.28 bits per heavy atom. The maximum absolute atomic E-state index is 12.0. The first-order valence-corrected chi connectivity index (χ1v) is 10.2. The van der Waals surface area contributed by atoms with Crippen molar-refractivity contribution in [1.29, 1.82) is 0 Å².